The number of anilines is 1. The van der Waals surface area contributed by atoms with E-state index in [9.17, 15) is 9.59 Å². The number of carbonyl (C=O) groups is 2. The largest absolute Gasteiger partial charge is 0.325 e. The lowest BCUT2D eigenvalue weighted by atomic mass is 10.1. The number of halogens is 1. The van der Waals surface area contributed by atoms with Crippen molar-refractivity contribution in [2.45, 2.75) is 12.7 Å². The minimum absolute atomic E-state index is 0.0106. The van der Waals surface area contributed by atoms with Gasteiger partial charge >= 0.3 is 0 Å². The number of hydrogen-bond donors (Lipinski definition) is 1. The van der Waals surface area contributed by atoms with Crippen LogP contribution in [-0.2, 0) is 10.5 Å². The van der Waals surface area contributed by atoms with E-state index in [1.807, 2.05) is 24.3 Å². The summed E-state index contributed by atoms with van der Waals surface area (Å²) in [6, 6.07) is 14.5. The monoisotopic (exact) mass is 333 g/mol. The number of rotatable bonds is 6. The van der Waals surface area contributed by atoms with Gasteiger partial charge in [0.25, 0.3) is 0 Å². The van der Waals surface area contributed by atoms with Crippen LogP contribution in [0.4, 0.5) is 5.69 Å². The topological polar surface area (TPSA) is 46.2 Å². The zero-order valence-corrected chi connectivity index (χ0v) is 13.7. The molecule has 0 heterocycles. The summed E-state index contributed by atoms with van der Waals surface area (Å²) in [6.45, 7) is 1.51. The van der Waals surface area contributed by atoms with Gasteiger partial charge in [0.2, 0.25) is 5.91 Å². The molecule has 2 rings (SSSR count). The Hall–Kier alpha value is -1.78. The number of ketones is 1. The third-order valence-corrected chi connectivity index (χ3v) is 4.25. The minimum atomic E-state index is -0.0606. The Morgan fingerprint density at radius 2 is 1.68 bits per heavy atom. The lowest BCUT2D eigenvalue weighted by Gasteiger charge is -2.06. The van der Waals surface area contributed by atoms with Crippen LogP contribution in [0.2, 0.25) is 5.02 Å². The van der Waals surface area contributed by atoms with E-state index >= 15 is 0 Å². The standard InChI is InChI=1S/C17H16ClNO2S/c1-12(20)14-4-8-16(9-5-14)19-17(21)11-22-10-13-2-6-15(18)7-3-13/h2-9H,10-11H2,1H3,(H,19,21). The molecule has 2 aromatic carbocycles. The van der Waals surface area contributed by atoms with Crippen molar-refractivity contribution in [1.82, 2.24) is 0 Å². The molecule has 0 radical (unpaired) electrons. The number of hydrogen-bond acceptors (Lipinski definition) is 3. The summed E-state index contributed by atoms with van der Waals surface area (Å²) in [5, 5.41) is 3.52. The molecule has 1 N–H and O–H groups in total. The number of nitrogens with one attached hydrogen (secondary N) is 1. The van der Waals surface area contributed by atoms with Crippen LogP contribution >= 0.6 is 23.4 Å². The van der Waals surface area contributed by atoms with E-state index in [4.69, 9.17) is 11.6 Å². The fourth-order valence-electron chi connectivity index (χ4n) is 1.83. The van der Waals surface area contributed by atoms with Gasteiger partial charge in [-0.3, -0.25) is 9.59 Å². The van der Waals surface area contributed by atoms with Crippen LogP contribution in [0.25, 0.3) is 0 Å². The predicted octanol–water partition coefficient (Wildman–Crippen LogP) is 4.41. The Morgan fingerprint density at radius 3 is 2.27 bits per heavy atom. The summed E-state index contributed by atoms with van der Waals surface area (Å²) in [5.74, 6) is 1.08. The molecule has 1 amide bonds. The first-order valence-electron chi connectivity index (χ1n) is 6.77. The maximum atomic E-state index is 11.9. The molecule has 0 aliphatic carbocycles. The SMILES string of the molecule is CC(=O)c1ccc(NC(=O)CSCc2ccc(Cl)cc2)cc1. The fourth-order valence-corrected chi connectivity index (χ4v) is 2.74. The zero-order chi connectivity index (χ0) is 15.9. The molecule has 5 heteroatoms. The van der Waals surface area contributed by atoms with Crippen molar-refractivity contribution >= 4 is 40.7 Å². The third kappa shape index (κ3) is 5.20. The molecule has 0 aliphatic heterocycles. The molecule has 0 fully saturated rings. The van der Waals surface area contributed by atoms with Gasteiger partial charge in [0.15, 0.2) is 5.78 Å². The first-order valence-corrected chi connectivity index (χ1v) is 8.31. The van der Waals surface area contributed by atoms with Crippen molar-refractivity contribution in [2.24, 2.45) is 0 Å². The molecule has 3 nitrogen and oxygen atoms in total. The van der Waals surface area contributed by atoms with Crippen molar-refractivity contribution < 1.29 is 9.59 Å². The van der Waals surface area contributed by atoms with Crippen molar-refractivity contribution in [3.05, 3.63) is 64.7 Å². The molecule has 22 heavy (non-hydrogen) atoms. The summed E-state index contributed by atoms with van der Waals surface area (Å²) in [7, 11) is 0. The second-order valence-corrected chi connectivity index (χ2v) is 6.22. The Balaban J connectivity index is 1.77. The molecule has 0 saturated heterocycles. The molecular formula is C17H16ClNO2S. The maximum Gasteiger partial charge on any atom is 0.234 e. The van der Waals surface area contributed by atoms with Gasteiger partial charge in [0, 0.05) is 22.0 Å². The van der Waals surface area contributed by atoms with Crippen LogP contribution in [0.3, 0.4) is 0 Å². The molecule has 0 aliphatic rings. The number of thioether (sulfide) groups is 1. The Morgan fingerprint density at radius 1 is 1.05 bits per heavy atom. The van der Waals surface area contributed by atoms with Crippen LogP contribution < -0.4 is 5.32 Å². The summed E-state index contributed by atoms with van der Waals surface area (Å²) in [4.78, 5) is 23.0. The highest BCUT2D eigenvalue weighted by Crippen LogP contribution is 2.16. The van der Waals surface area contributed by atoms with Crippen molar-refractivity contribution in [3.8, 4) is 0 Å². The Kier molecular flexibility index (Phi) is 6.04. The first-order chi connectivity index (χ1) is 10.5. The summed E-state index contributed by atoms with van der Waals surface area (Å²) < 4.78 is 0. The first kappa shape index (κ1) is 16.6. The highest BCUT2D eigenvalue weighted by Gasteiger charge is 2.04. The normalized spacial score (nSPS) is 10.3. The zero-order valence-electron chi connectivity index (χ0n) is 12.1. The molecule has 0 bridgehead atoms. The minimum Gasteiger partial charge on any atom is -0.325 e. The van der Waals surface area contributed by atoms with Crippen molar-refractivity contribution in [3.63, 3.8) is 0 Å². The Labute approximate surface area is 139 Å². The number of benzene rings is 2. The van der Waals surface area contributed by atoms with Crippen LogP contribution in [-0.4, -0.2) is 17.4 Å². The molecule has 2 aromatic rings. The second-order valence-electron chi connectivity index (χ2n) is 4.80. The van der Waals surface area contributed by atoms with E-state index in [0.29, 0.717) is 22.0 Å². The van der Waals surface area contributed by atoms with Crippen LogP contribution in [0.1, 0.15) is 22.8 Å². The van der Waals surface area contributed by atoms with E-state index in [1.54, 1.807) is 24.3 Å². The van der Waals surface area contributed by atoms with Gasteiger partial charge in [-0.15, -0.1) is 11.8 Å². The lowest BCUT2D eigenvalue weighted by Crippen LogP contribution is -2.14. The van der Waals surface area contributed by atoms with Crippen molar-refractivity contribution in [1.29, 1.82) is 0 Å². The van der Waals surface area contributed by atoms with E-state index in [1.165, 1.54) is 18.7 Å². The van der Waals surface area contributed by atoms with E-state index < -0.39 is 0 Å². The number of Topliss-reactive ketones (excluding diaryl/α,β-unsaturated/α-hetero) is 1. The van der Waals surface area contributed by atoms with Crippen LogP contribution in [0.5, 0.6) is 0 Å². The number of amides is 1. The van der Waals surface area contributed by atoms with Crippen molar-refractivity contribution in [2.75, 3.05) is 11.1 Å². The highest BCUT2D eigenvalue weighted by molar-refractivity contribution is 7.99. The highest BCUT2D eigenvalue weighted by atomic mass is 35.5. The molecule has 0 spiro atoms. The maximum absolute atomic E-state index is 11.9. The van der Waals surface area contributed by atoms with E-state index in [2.05, 4.69) is 5.32 Å². The second kappa shape index (κ2) is 8.01. The third-order valence-electron chi connectivity index (χ3n) is 2.99. The molecular weight excluding hydrogens is 318 g/mol. The fraction of sp³-hybridized carbons (Fsp3) is 0.176. The van der Waals surface area contributed by atoms with Gasteiger partial charge in [-0.1, -0.05) is 23.7 Å². The quantitative estimate of drug-likeness (QED) is 0.796. The summed E-state index contributed by atoms with van der Waals surface area (Å²) in [6.07, 6.45) is 0. The average Bonchev–Trinajstić information content (AvgIpc) is 2.50. The van der Waals surface area contributed by atoms with Crippen LogP contribution in [0.15, 0.2) is 48.5 Å². The molecule has 0 saturated carbocycles. The smallest absolute Gasteiger partial charge is 0.234 e. The van der Waals surface area contributed by atoms with Gasteiger partial charge in [-0.05, 0) is 48.9 Å². The van der Waals surface area contributed by atoms with Gasteiger partial charge in [-0.2, -0.15) is 0 Å². The molecule has 0 aromatic heterocycles. The van der Waals surface area contributed by atoms with E-state index in [-0.39, 0.29) is 11.7 Å². The molecule has 0 atom stereocenters. The summed E-state index contributed by atoms with van der Waals surface area (Å²) in [5.41, 5.74) is 2.46. The average molecular weight is 334 g/mol. The summed E-state index contributed by atoms with van der Waals surface area (Å²) >= 11 is 7.36. The van der Waals surface area contributed by atoms with Gasteiger partial charge in [-0.25, -0.2) is 0 Å². The van der Waals surface area contributed by atoms with Crippen LogP contribution in [0, 0.1) is 0 Å². The van der Waals surface area contributed by atoms with Gasteiger partial charge in [0.05, 0.1) is 5.75 Å². The molecule has 114 valence electrons. The number of carbonyl (C=O) groups excluding carboxylic acids is 2. The van der Waals surface area contributed by atoms with E-state index in [0.717, 1.165) is 11.3 Å². The van der Waals surface area contributed by atoms with Gasteiger partial charge < -0.3 is 5.32 Å². The lowest BCUT2D eigenvalue weighted by molar-refractivity contribution is -0.113. The molecule has 0 unspecified atom stereocenters. The Bertz CT molecular complexity index is 653. The van der Waals surface area contributed by atoms with Gasteiger partial charge in [0.1, 0.15) is 0 Å². The predicted molar refractivity (Wildman–Crippen MR) is 92.7 cm³/mol.